The van der Waals surface area contributed by atoms with Gasteiger partial charge in [0.05, 0.1) is 12.6 Å². The summed E-state index contributed by atoms with van der Waals surface area (Å²) in [6, 6.07) is 9.95. The Balaban J connectivity index is 1.46. The smallest absolute Gasteiger partial charge is 0.222 e. The third-order valence-electron chi connectivity index (χ3n) is 4.55. The van der Waals surface area contributed by atoms with Gasteiger partial charge in [-0.25, -0.2) is 9.67 Å². The maximum Gasteiger partial charge on any atom is 0.222 e. The van der Waals surface area contributed by atoms with Crippen LogP contribution in [-0.2, 0) is 4.79 Å². The van der Waals surface area contributed by atoms with Gasteiger partial charge in [0.25, 0.3) is 0 Å². The number of piperidine rings is 1. The fourth-order valence-electron chi connectivity index (χ4n) is 3.35. The first-order valence-corrected chi connectivity index (χ1v) is 8.99. The Kier molecular flexibility index (Phi) is 5.68. The Hall–Kier alpha value is -2.37. The van der Waals surface area contributed by atoms with E-state index in [-0.39, 0.29) is 11.9 Å². The van der Waals surface area contributed by atoms with Crippen LogP contribution in [0, 0.1) is 13.8 Å². The molecule has 1 amide bonds. The molecule has 0 bridgehead atoms. The van der Waals surface area contributed by atoms with Crippen LogP contribution >= 0.6 is 0 Å². The lowest BCUT2D eigenvalue weighted by Crippen LogP contribution is -2.41. The minimum Gasteiger partial charge on any atom is -0.494 e. The van der Waals surface area contributed by atoms with E-state index in [9.17, 15) is 4.79 Å². The average molecular weight is 342 g/mol. The summed E-state index contributed by atoms with van der Waals surface area (Å²) < 4.78 is 7.64. The lowest BCUT2D eigenvalue weighted by atomic mass is 10.1. The molecule has 2 heterocycles. The number of hydrogen-bond donors (Lipinski definition) is 0. The van der Waals surface area contributed by atoms with Crippen molar-refractivity contribution < 1.29 is 9.53 Å². The van der Waals surface area contributed by atoms with Gasteiger partial charge in [0.15, 0.2) is 0 Å². The van der Waals surface area contributed by atoms with Gasteiger partial charge in [-0.1, -0.05) is 18.2 Å². The summed E-state index contributed by atoms with van der Waals surface area (Å²) >= 11 is 0. The number of carbonyl (C=O) groups is 1. The summed E-state index contributed by atoms with van der Waals surface area (Å²) in [4.78, 5) is 18.8. The summed E-state index contributed by atoms with van der Waals surface area (Å²) in [7, 11) is 0. The minimum atomic E-state index is 0.204. The Morgan fingerprint density at radius 2 is 2.08 bits per heavy atom. The van der Waals surface area contributed by atoms with E-state index in [2.05, 4.69) is 10.1 Å². The van der Waals surface area contributed by atoms with Crippen molar-refractivity contribution in [1.82, 2.24) is 19.7 Å². The highest BCUT2D eigenvalue weighted by atomic mass is 16.5. The van der Waals surface area contributed by atoms with E-state index < -0.39 is 0 Å². The van der Waals surface area contributed by atoms with Crippen molar-refractivity contribution in [2.75, 3.05) is 19.7 Å². The van der Waals surface area contributed by atoms with Gasteiger partial charge >= 0.3 is 0 Å². The van der Waals surface area contributed by atoms with Crippen molar-refractivity contribution >= 4 is 5.91 Å². The molecule has 3 rings (SSSR count). The molecule has 1 aromatic heterocycles. The topological polar surface area (TPSA) is 60.2 Å². The number of benzene rings is 1. The number of hydrogen-bond acceptors (Lipinski definition) is 4. The maximum atomic E-state index is 12.5. The van der Waals surface area contributed by atoms with Gasteiger partial charge in [-0.2, -0.15) is 5.10 Å². The van der Waals surface area contributed by atoms with Gasteiger partial charge in [0.2, 0.25) is 5.91 Å². The standard InChI is InChI=1S/C19H26N4O2/c1-15-20-16(2)23(21-15)17-8-6-12-22(14-17)19(24)11-7-13-25-18-9-4-3-5-10-18/h3-5,9-10,17H,6-8,11-14H2,1-2H3/t17-/m1/s1. The van der Waals surface area contributed by atoms with Crippen LogP contribution in [-0.4, -0.2) is 45.3 Å². The van der Waals surface area contributed by atoms with E-state index in [1.807, 2.05) is 53.8 Å². The van der Waals surface area contributed by atoms with Crippen molar-refractivity contribution in [1.29, 1.82) is 0 Å². The van der Waals surface area contributed by atoms with Crippen molar-refractivity contribution in [2.45, 2.75) is 45.6 Å². The Bertz CT molecular complexity index is 699. The van der Waals surface area contributed by atoms with E-state index >= 15 is 0 Å². The molecule has 0 aliphatic carbocycles. The van der Waals surface area contributed by atoms with E-state index in [1.54, 1.807) is 0 Å². The number of aromatic nitrogens is 3. The van der Waals surface area contributed by atoms with Gasteiger partial charge < -0.3 is 9.64 Å². The lowest BCUT2D eigenvalue weighted by Gasteiger charge is -2.33. The van der Waals surface area contributed by atoms with Crippen molar-refractivity contribution in [3.8, 4) is 5.75 Å². The second-order valence-electron chi connectivity index (χ2n) is 6.55. The highest BCUT2D eigenvalue weighted by molar-refractivity contribution is 5.76. The van der Waals surface area contributed by atoms with Gasteiger partial charge in [0, 0.05) is 19.5 Å². The molecule has 1 atom stereocenters. The number of rotatable bonds is 6. The zero-order valence-corrected chi connectivity index (χ0v) is 15.0. The highest BCUT2D eigenvalue weighted by Gasteiger charge is 2.26. The molecule has 1 saturated heterocycles. The Labute approximate surface area is 148 Å². The minimum absolute atomic E-state index is 0.204. The number of amides is 1. The first-order valence-electron chi connectivity index (χ1n) is 8.99. The van der Waals surface area contributed by atoms with E-state index in [0.29, 0.717) is 13.0 Å². The fraction of sp³-hybridized carbons (Fsp3) is 0.526. The average Bonchev–Trinajstić information content (AvgIpc) is 2.98. The Morgan fingerprint density at radius 3 is 2.80 bits per heavy atom. The monoisotopic (exact) mass is 342 g/mol. The number of aryl methyl sites for hydroxylation is 2. The molecule has 6 nitrogen and oxygen atoms in total. The molecule has 2 aromatic rings. The van der Waals surface area contributed by atoms with E-state index in [4.69, 9.17) is 4.74 Å². The number of para-hydroxylation sites is 1. The van der Waals surface area contributed by atoms with Crippen LogP contribution in [0.3, 0.4) is 0 Å². The number of carbonyl (C=O) groups excluding carboxylic acids is 1. The molecule has 0 saturated carbocycles. The maximum absolute atomic E-state index is 12.5. The van der Waals surface area contributed by atoms with Crippen LogP contribution in [0.2, 0.25) is 0 Å². The molecule has 1 fully saturated rings. The quantitative estimate of drug-likeness (QED) is 0.757. The molecule has 1 aliphatic rings. The molecular formula is C19H26N4O2. The van der Waals surface area contributed by atoms with Gasteiger partial charge in [0.1, 0.15) is 17.4 Å². The first kappa shape index (κ1) is 17.5. The molecule has 0 radical (unpaired) electrons. The van der Waals surface area contributed by atoms with Crippen LogP contribution < -0.4 is 4.74 Å². The molecule has 0 N–H and O–H groups in total. The summed E-state index contributed by atoms with van der Waals surface area (Å²) in [6.45, 7) is 6.00. The predicted octanol–water partition coefficient (Wildman–Crippen LogP) is 2.92. The van der Waals surface area contributed by atoms with Crippen LogP contribution in [0.4, 0.5) is 0 Å². The summed E-state index contributed by atoms with van der Waals surface area (Å²) in [5.74, 6) is 2.77. The molecule has 0 unspecified atom stereocenters. The van der Waals surface area contributed by atoms with Gasteiger partial charge in [-0.3, -0.25) is 4.79 Å². The molecule has 0 spiro atoms. The van der Waals surface area contributed by atoms with Crippen molar-refractivity contribution in [2.24, 2.45) is 0 Å². The number of nitrogens with zero attached hydrogens (tertiary/aromatic N) is 4. The van der Waals surface area contributed by atoms with Gasteiger partial charge in [-0.15, -0.1) is 0 Å². The summed E-state index contributed by atoms with van der Waals surface area (Å²) in [6.07, 6.45) is 3.31. The molecule has 25 heavy (non-hydrogen) atoms. The van der Waals surface area contributed by atoms with Crippen LogP contribution in [0.25, 0.3) is 0 Å². The fourth-order valence-corrected chi connectivity index (χ4v) is 3.35. The van der Waals surface area contributed by atoms with Crippen LogP contribution in [0.5, 0.6) is 5.75 Å². The zero-order valence-electron chi connectivity index (χ0n) is 15.0. The lowest BCUT2D eigenvalue weighted by molar-refractivity contribution is -0.133. The normalized spacial score (nSPS) is 17.5. The van der Waals surface area contributed by atoms with Crippen molar-refractivity contribution in [3.05, 3.63) is 42.0 Å². The summed E-state index contributed by atoms with van der Waals surface area (Å²) in [5, 5.41) is 4.48. The van der Waals surface area contributed by atoms with E-state index in [1.165, 1.54) is 0 Å². The van der Waals surface area contributed by atoms with Gasteiger partial charge in [-0.05, 0) is 45.2 Å². The first-order chi connectivity index (χ1) is 12.1. The van der Waals surface area contributed by atoms with E-state index in [0.717, 1.165) is 49.8 Å². The SMILES string of the molecule is Cc1nc(C)n([C@@H]2CCCN(C(=O)CCCOc3ccccc3)C2)n1. The number of likely N-dealkylation sites (tertiary alicyclic amines) is 1. The second kappa shape index (κ2) is 8.14. The molecular weight excluding hydrogens is 316 g/mol. The Morgan fingerprint density at radius 1 is 1.28 bits per heavy atom. The summed E-state index contributed by atoms with van der Waals surface area (Å²) in [5.41, 5.74) is 0. The molecule has 134 valence electrons. The van der Waals surface area contributed by atoms with Crippen LogP contribution in [0.15, 0.2) is 30.3 Å². The molecule has 6 heteroatoms. The predicted molar refractivity (Wildman–Crippen MR) is 95.5 cm³/mol. The third kappa shape index (κ3) is 4.59. The third-order valence-corrected chi connectivity index (χ3v) is 4.55. The molecule has 1 aliphatic heterocycles. The van der Waals surface area contributed by atoms with Crippen molar-refractivity contribution in [3.63, 3.8) is 0 Å². The molecule has 1 aromatic carbocycles. The second-order valence-corrected chi connectivity index (χ2v) is 6.55. The number of ether oxygens (including phenoxy) is 1. The highest BCUT2D eigenvalue weighted by Crippen LogP contribution is 2.22. The zero-order chi connectivity index (χ0) is 17.6. The van der Waals surface area contributed by atoms with Crippen LogP contribution in [0.1, 0.15) is 43.4 Å². The largest absolute Gasteiger partial charge is 0.494 e.